The SMILES string of the molecule is COc1cc2c(cc1OC)[C@]1(Cc3cccc(Cl)c3)C(=O)N(C)[C@@H](C(C)C)C(=O)N1CC2. The van der Waals surface area contributed by atoms with Gasteiger partial charge in [-0.1, -0.05) is 37.6 Å². The highest BCUT2D eigenvalue weighted by atomic mass is 35.5. The normalized spacial score (nSPS) is 22.7. The molecule has 2 heterocycles. The number of carbonyl (C=O) groups is 2. The molecule has 2 aromatic carbocycles. The Morgan fingerprint density at radius 2 is 1.81 bits per heavy atom. The number of halogens is 1. The van der Waals surface area contributed by atoms with Gasteiger partial charge in [0.1, 0.15) is 6.04 Å². The van der Waals surface area contributed by atoms with E-state index in [1.165, 1.54) is 0 Å². The maximum atomic E-state index is 14.2. The fourth-order valence-corrected chi connectivity index (χ4v) is 5.51. The van der Waals surface area contributed by atoms with Crippen LogP contribution in [-0.4, -0.2) is 55.5 Å². The van der Waals surface area contributed by atoms with Crippen molar-refractivity contribution in [2.75, 3.05) is 27.8 Å². The topological polar surface area (TPSA) is 59.1 Å². The molecule has 0 spiro atoms. The number of fused-ring (bicyclic) bond motifs is 3. The first-order valence-electron chi connectivity index (χ1n) is 10.8. The molecule has 0 saturated carbocycles. The molecule has 2 aliphatic rings. The fraction of sp³-hybridized carbons (Fsp3) is 0.440. The van der Waals surface area contributed by atoms with Crippen molar-refractivity contribution in [3.63, 3.8) is 0 Å². The number of amides is 2. The van der Waals surface area contributed by atoms with Crippen LogP contribution in [0.25, 0.3) is 0 Å². The van der Waals surface area contributed by atoms with Gasteiger partial charge in [-0.3, -0.25) is 9.59 Å². The highest BCUT2D eigenvalue weighted by Gasteiger charge is 2.58. The summed E-state index contributed by atoms with van der Waals surface area (Å²) in [6.45, 7) is 4.41. The highest BCUT2D eigenvalue weighted by Crippen LogP contribution is 2.47. The minimum absolute atomic E-state index is 0.00687. The summed E-state index contributed by atoms with van der Waals surface area (Å²) < 4.78 is 11.1. The lowest BCUT2D eigenvalue weighted by Gasteiger charge is -2.55. The van der Waals surface area contributed by atoms with E-state index in [0.717, 1.165) is 16.7 Å². The van der Waals surface area contributed by atoms with E-state index in [9.17, 15) is 9.59 Å². The largest absolute Gasteiger partial charge is 0.493 e. The molecule has 4 rings (SSSR count). The Morgan fingerprint density at radius 3 is 2.44 bits per heavy atom. The van der Waals surface area contributed by atoms with Crippen molar-refractivity contribution in [1.82, 2.24) is 9.80 Å². The highest BCUT2D eigenvalue weighted by molar-refractivity contribution is 6.30. The van der Waals surface area contributed by atoms with Gasteiger partial charge in [0.2, 0.25) is 5.91 Å². The predicted molar refractivity (Wildman–Crippen MR) is 123 cm³/mol. The number of methoxy groups -OCH3 is 2. The Morgan fingerprint density at radius 1 is 1.12 bits per heavy atom. The molecule has 170 valence electrons. The van der Waals surface area contributed by atoms with Gasteiger partial charge in [-0.25, -0.2) is 0 Å². The van der Waals surface area contributed by atoms with Crippen LogP contribution in [0.3, 0.4) is 0 Å². The number of nitrogens with zero attached hydrogens (tertiary/aromatic N) is 2. The molecule has 0 N–H and O–H groups in total. The molecule has 7 heteroatoms. The van der Waals surface area contributed by atoms with E-state index in [4.69, 9.17) is 21.1 Å². The van der Waals surface area contributed by atoms with Crippen molar-refractivity contribution in [3.8, 4) is 11.5 Å². The van der Waals surface area contributed by atoms with Crippen LogP contribution in [0.4, 0.5) is 0 Å². The zero-order valence-electron chi connectivity index (χ0n) is 19.1. The summed E-state index contributed by atoms with van der Waals surface area (Å²) in [6, 6.07) is 10.8. The van der Waals surface area contributed by atoms with Crippen molar-refractivity contribution in [2.45, 2.75) is 38.3 Å². The fourth-order valence-electron chi connectivity index (χ4n) is 5.29. The van der Waals surface area contributed by atoms with Crippen molar-refractivity contribution < 1.29 is 19.1 Å². The Labute approximate surface area is 194 Å². The molecular weight excluding hydrogens is 428 g/mol. The average molecular weight is 457 g/mol. The summed E-state index contributed by atoms with van der Waals surface area (Å²) in [7, 11) is 4.90. The van der Waals surface area contributed by atoms with Crippen LogP contribution in [0.5, 0.6) is 11.5 Å². The van der Waals surface area contributed by atoms with Gasteiger partial charge in [-0.05, 0) is 53.3 Å². The van der Waals surface area contributed by atoms with Crippen molar-refractivity contribution in [3.05, 3.63) is 58.1 Å². The Kier molecular flexibility index (Phi) is 5.84. The third kappa shape index (κ3) is 3.32. The van der Waals surface area contributed by atoms with E-state index < -0.39 is 11.6 Å². The minimum Gasteiger partial charge on any atom is -0.493 e. The van der Waals surface area contributed by atoms with Gasteiger partial charge in [0.25, 0.3) is 5.91 Å². The standard InChI is InChI=1S/C25H29ClN2O4/c1-15(2)22-23(29)28-10-9-17-12-20(31-4)21(32-5)13-19(17)25(28,24(30)27(22)3)14-16-7-6-8-18(26)11-16/h6-8,11-13,15,22H,9-10,14H2,1-5H3/t22-,25+/m0/s1. The summed E-state index contributed by atoms with van der Waals surface area (Å²) in [5, 5.41) is 0.594. The van der Waals surface area contributed by atoms with Gasteiger partial charge >= 0.3 is 0 Å². The van der Waals surface area contributed by atoms with Crippen molar-refractivity contribution in [2.24, 2.45) is 5.92 Å². The summed E-state index contributed by atoms with van der Waals surface area (Å²) in [6.07, 6.45) is 0.969. The summed E-state index contributed by atoms with van der Waals surface area (Å²) in [4.78, 5) is 31.3. The van der Waals surface area contributed by atoms with Crippen molar-refractivity contribution in [1.29, 1.82) is 0 Å². The van der Waals surface area contributed by atoms with Crippen LogP contribution in [0, 0.1) is 5.92 Å². The third-order valence-corrected chi connectivity index (χ3v) is 6.95. The quantitative estimate of drug-likeness (QED) is 0.688. The van der Waals surface area contributed by atoms with Crippen LogP contribution in [0.2, 0.25) is 5.02 Å². The van der Waals surface area contributed by atoms with Gasteiger partial charge < -0.3 is 19.3 Å². The zero-order chi connectivity index (χ0) is 23.2. The van der Waals surface area contributed by atoms with E-state index in [1.807, 2.05) is 44.2 Å². The van der Waals surface area contributed by atoms with Gasteiger partial charge in [0.05, 0.1) is 14.2 Å². The minimum atomic E-state index is -1.17. The number of carbonyl (C=O) groups excluding carboxylic acids is 2. The van der Waals surface area contributed by atoms with Crippen LogP contribution < -0.4 is 9.47 Å². The molecule has 1 fully saturated rings. The Bertz CT molecular complexity index is 1070. The third-order valence-electron chi connectivity index (χ3n) is 6.71. The second-order valence-corrected chi connectivity index (χ2v) is 9.31. The number of hydrogen-bond acceptors (Lipinski definition) is 4. The van der Waals surface area contributed by atoms with Gasteiger partial charge in [-0.2, -0.15) is 0 Å². The lowest BCUT2D eigenvalue weighted by atomic mass is 9.72. The number of ether oxygens (including phenoxy) is 2. The van der Waals surface area contributed by atoms with E-state index in [0.29, 0.717) is 35.9 Å². The van der Waals surface area contributed by atoms with E-state index in [-0.39, 0.29) is 17.7 Å². The van der Waals surface area contributed by atoms with Crippen LogP contribution >= 0.6 is 11.6 Å². The molecule has 0 aromatic heterocycles. The molecule has 0 radical (unpaired) electrons. The summed E-state index contributed by atoms with van der Waals surface area (Å²) in [5.41, 5.74) is 1.49. The van der Waals surface area contributed by atoms with E-state index in [2.05, 4.69) is 0 Å². The summed E-state index contributed by atoms with van der Waals surface area (Å²) >= 11 is 6.27. The zero-order valence-corrected chi connectivity index (χ0v) is 19.9. The number of likely N-dealkylation sites (N-methyl/N-ethyl adjacent to an activating group) is 1. The van der Waals surface area contributed by atoms with Crippen LogP contribution in [0.15, 0.2) is 36.4 Å². The number of hydrogen-bond donors (Lipinski definition) is 0. The average Bonchev–Trinajstić information content (AvgIpc) is 2.76. The number of rotatable bonds is 5. The second-order valence-electron chi connectivity index (χ2n) is 8.88. The molecule has 2 atom stereocenters. The first-order chi connectivity index (χ1) is 15.2. The molecule has 2 amide bonds. The first kappa shape index (κ1) is 22.5. The van der Waals surface area contributed by atoms with Gasteiger partial charge in [0, 0.05) is 25.0 Å². The van der Waals surface area contributed by atoms with Gasteiger partial charge in [-0.15, -0.1) is 0 Å². The van der Waals surface area contributed by atoms with E-state index in [1.54, 1.807) is 37.1 Å². The molecule has 0 bridgehead atoms. The van der Waals surface area contributed by atoms with Crippen LogP contribution in [0.1, 0.15) is 30.5 Å². The molecule has 6 nitrogen and oxygen atoms in total. The maximum Gasteiger partial charge on any atom is 0.254 e. The first-order valence-corrected chi connectivity index (χ1v) is 11.2. The lowest BCUT2D eigenvalue weighted by Crippen LogP contribution is -2.72. The van der Waals surface area contributed by atoms with Crippen LogP contribution in [-0.2, 0) is 28.0 Å². The van der Waals surface area contributed by atoms with Crippen molar-refractivity contribution >= 4 is 23.4 Å². The molecule has 1 saturated heterocycles. The smallest absolute Gasteiger partial charge is 0.254 e. The molecular formula is C25H29ClN2O4. The van der Waals surface area contributed by atoms with E-state index >= 15 is 0 Å². The predicted octanol–water partition coefficient (Wildman–Crippen LogP) is 3.68. The molecule has 0 unspecified atom stereocenters. The number of piperazine rings is 1. The Balaban J connectivity index is 1.97. The molecule has 2 aliphatic heterocycles. The molecule has 0 aliphatic carbocycles. The molecule has 32 heavy (non-hydrogen) atoms. The lowest BCUT2D eigenvalue weighted by molar-refractivity contribution is -0.173. The summed E-state index contributed by atoms with van der Waals surface area (Å²) in [5.74, 6) is 1.04. The Hall–Kier alpha value is -2.73. The monoisotopic (exact) mass is 456 g/mol. The molecule has 2 aromatic rings. The second kappa shape index (κ2) is 8.32. The van der Waals surface area contributed by atoms with Gasteiger partial charge in [0.15, 0.2) is 17.0 Å². The maximum absolute atomic E-state index is 14.2. The number of benzene rings is 2.